The van der Waals surface area contributed by atoms with Crippen molar-refractivity contribution >= 4 is 21.5 Å². The summed E-state index contributed by atoms with van der Waals surface area (Å²) in [5.41, 5.74) is 10.4. The zero-order chi connectivity index (χ0) is 37.3. The van der Waals surface area contributed by atoms with Crippen LogP contribution in [0.4, 0.5) is 0 Å². The van der Waals surface area contributed by atoms with Crippen molar-refractivity contribution in [3.8, 4) is 79.1 Å². The Hall–Kier alpha value is -7.70. The van der Waals surface area contributed by atoms with Crippen molar-refractivity contribution in [3.63, 3.8) is 0 Å². The van der Waals surface area contributed by atoms with Crippen molar-refractivity contribution in [3.05, 3.63) is 195 Å². The Kier molecular flexibility index (Phi) is 8.39. The van der Waals surface area contributed by atoms with E-state index < -0.39 is 0 Å². The van der Waals surface area contributed by atoms with Crippen LogP contribution in [0.2, 0.25) is 0 Å². The smallest absolute Gasteiger partial charge is 0.164 e. The second-order valence-electron chi connectivity index (χ2n) is 13.7. The fourth-order valence-electron chi connectivity index (χ4n) is 7.06. The average Bonchev–Trinajstić information content (AvgIpc) is 3.29. The second-order valence-corrected chi connectivity index (χ2v) is 13.7. The highest BCUT2D eigenvalue weighted by Crippen LogP contribution is 2.34. The molecule has 0 N–H and O–H groups in total. The predicted octanol–water partition coefficient (Wildman–Crippen LogP) is 12.0. The van der Waals surface area contributed by atoms with Crippen LogP contribution in [0.25, 0.3) is 101 Å². The van der Waals surface area contributed by atoms with Gasteiger partial charge in [0, 0.05) is 62.7 Å². The van der Waals surface area contributed by atoms with E-state index in [2.05, 4.69) is 132 Å². The Labute approximate surface area is 324 Å². The lowest BCUT2D eigenvalue weighted by atomic mass is 9.98. The topological polar surface area (TPSA) is 77.3 Å². The summed E-state index contributed by atoms with van der Waals surface area (Å²) in [6.07, 6.45) is 5.66. The minimum Gasteiger partial charge on any atom is -0.256 e. The Morgan fingerprint density at radius 3 is 1.21 bits per heavy atom. The van der Waals surface area contributed by atoms with Crippen molar-refractivity contribution in [2.45, 2.75) is 0 Å². The van der Waals surface area contributed by atoms with Crippen LogP contribution < -0.4 is 0 Å². The van der Waals surface area contributed by atoms with E-state index in [-0.39, 0.29) is 0 Å². The maximum atomic E-state index is 5.16. The van der Waals surface area contributed by atoms with Gasteiger partial charge in [0.05, 0.1) is 17.1 Å². The molecule has 0 amide bonds. The number of hydrogen-bond donors (Lipinski definition) is 0. The lowest BCUT2D eigenvalue weighted by Gasteiger charge is -2.13. The molecule has 4 aromatic heterocycles. The molecular weight excluding hydrogens is 685 g/mol. The molecule has 6 nitrogen and oxygen atoms in total. The number of pyridine rings is 3. The van der Waals surface area contributed by atoms with E-state index in [1.807, 2.05) is 60.9 Å². The highest BCUT2D eigenvalue weighted by atomic mass is 15.0. The van der Waals surface area contributed by atoms with Gasteiger partial charge in [0.1, 0.15) is 0 Å². The molecule has 0 fully saturated rings. The molecule has 0 aliphatic heterocycles. The Bertz CT molecular complexity index is 2800. The van der Waals surface area contributed by atoms with Crippen molar-refractivity contribution in [2.75, 3.05) is 0 Å². The van der Waals surface area contributed by atoms with Crippen LogP contribution in [0.15, 0.2) is 195 Å². The van der Waals surface area contributed by atoms with E-state index in [1.165, 1.54) is 0 Å². The monoisotopic (exact) mass is 716 g/mol. The van der Waals surface area contributed by atoms with Crippen molar-refractivity contribution in [1.82, 2.24) is 29.9 Å². The number of rotatable bonds is 7. The summed E-state index contributed by atoms with van der Waals surface area (Å²) in [6, 6.07) is 60.1. The molecule has 6 aromatic carbocycles. The number of aromatic nitrogens is 6. The van der Waals surface area contributed by atoms with Crippen LogP contribution in [-0.4, -0.2) is 29.9 Å². The third kappa shape index (κ3) is 6.57. The lowest BCUT2D eigenvalue weighted by molar-refractivity contribution is 1.07. The molecule has 262 valence electrons. The van der Waals surface area contributed by atoms with Crippen LogP contribution >= 0.6 is 0 Å². The first kappa shape index (κ1) is 32.9. The molecule has 0 unspecified atom stereocenters. The zero-order valence-electron chi connectivity index (χ0n) is 30.2. The van der Waals surface area contributed by atoms with E-state index >= 15 is 0 Å². The van der Waals surface area contributed by atoms with Gasteiger partial charge in [-0.1, -0.05) is 133 Å². The van der Waals surface area contributed by atoms with E-state index in [9.17, 15) is 0 Å². The number of fused-ring (bicyclic) bond motifs is 2. The molecule has 0 saturated carbocycles. The van der Waals surface area contributed by atoms with Gasteiger partial charge >= 0.3 is 0 Å². The van der Waals surface area contributed by atoms with Gasteiger partial charge in [0.25, 0.3) is 0 Å². The highest BCUT2D eigenvalue weighted by molar-refractivity contribution is 5.89. The summed E-state index contributed by atoms with van der Waals surface area (Å²) < 4.78 is 0. The van der Waals surface area contributed by atoms with Crippen molar-refractivity contribution < 1.29 is 0 Å². The first-order valence-corrected chi connectivity index (χ1v) is 18.5. The van der Waals surface area contributed by atoms with Gasteiger partial charge in [-0.05, 0) is 64.4 Å². The molecule has 0 atom stereocenters. The maximum Gasteiger partial charge on any atom is 0.164 e. The molecule has 0 aliphatic carbocycles. The van der Waals surface area contributed by atoms with E-state index in [4.69, 9.17) is 24.9 Å². The molecule has 56 heavy (non-hydrogen) atoms. The van der Waals surface area contributed by atoms with Gasteiger partial charge in [-0.25, -0.2) is 15.0 Å². The van der Waals surface area contributed by atoms with E-state index in [1.54, 1.807) is 6.20 Å². The van der Waals surface area contributed by atoms with Crippen LogP contribution in [-0.2, 0) is 0 Å². The minimum atomic E-state index is 0.551. The fourth-order valence-corrected chi connectivity index (χ4v) is 7.06. The summed E-state index contributed by atoms with van der Waals surface area (Å²) >= 11 is 0. The second kappa shape index (κ2) is 14.3. The average molecular weight is 717 g/mol. The number of benzene rings is 6. The van der Waals surface area contributed by atoms with Crippen LogP contribution in [0.1, 0.15) is 0 Å². The molecule has 0 saturated heterocycles. The first-order valence-electron chi connectivity index (χ1n) is 18.5. The molecule has 10 aromatic rings. The Morgan fingerprint density at radius 1 is 0.250 bits per heavy atom. The molecule has 0 bridgehead atoms. The summed E-state index contributed by atoms with van der Waals surface area (Å²) in [7, 11) is 0. The van der Waals surface area contributed by atoms with Crippen LogP contribution in [0, 0.1) is 0 Å². The summed E-state index contributed by atoms with van der Waals surface area (Å²) in [4.78, 5) is 29.8. The van der Waals surface area contributed by atoms with Gasteiger partial charge in [-0.2, -0.15) is 0 Å². The largest absolute Gasteiger partial charge is 0.256 e. The molecule has 4 heterocycles. The third-order valence-electron chi connectivity index (χ3n) is 10.0. The standard InChI is InChI=1S/C50H32N6/c1-2-10-33(11-3-1)34-17-21-36(22-18-34)48-54-49(37-23-19-35(20-24-37)45-16-8-9-25-51-45)56-50(55-48)44-27-42(46-29-38-12-4-6-14-40(38)31-52-46)26-43(28-44)47-30-39-13-5-7-15-41(39)32-53-47/h1-32H. The van der Waals surface area contributed by atoms with Gasteiger partial charge in [-0.15, -0.1) is 0 Å². The number of hydrogen-bond acceptors (Lipinski definition) is 6. The SMILES string of the molecule is c1ccc(-c2ccc(-c3nc(-c4ccc(-c5ccccn5)cc4)nc(-c4cc(-c5cc6ccccc6cn5)cc(-c5cc6ccccc6cn5)c4)n3)cc2)cc1. The summed E-state index contributed by atoms with van der Waals surface area (Å²) in [5, 5.41) is 4.41. The molecule has 0 aliphatic rings. The Balaban J connectivity index is 1.15. The quantitative estimate of drug-likeness (QED) is 0.163. The van der Waals surface area contributed by atoms with Crippen LogP contribution in [0.5, 0.6) is 0 Å². The first-order chi connectivity index (χ1) is 27.7. The van der Waals surface area contributed by atoms with Gasteiger partial charge in [0.15, 0.2) is 17.5 Å². The summed E-state index contributed by atoms with van der Waals surface area (Å²) in [6.45, 7) is 0. The molecule has 10 rings (SSSR count). The van der Waals surface area contributed by atoms with Crippen LogP contribution in [0.3, 0.4) is 0 Å². The van der Waals surface area contributed by atoms with Crippen molar-refractivity contribution in [2.24, 2.45) is 0 Å². The Morgan fingerprint density at radius 2 is 0.679 bits per heavy atom. The lowest BCUT2D eigenvalue weighted by Crippen LogP contribution is -2.01. The minimum absolute atomic E-state index is 0.551. The van der Waals surface area contributed by atoms with E-state index in [0.29, 0.717) is 17.5 Å². The van der Waals surface area contributed by atoms with Gasteiger partial charge < -0.3 is 0 Å². The maximum absolute atomic E-state index is 5.16. The third-order valence-corrected chi connectivity index (χ3v) is 10.0. The normalized spacial score (nSPS) is 11.2. The van der Waals surface area contributed by atoms with Gasteiger partial charge in [-0.3, -0.25) is 15.0 Å². The zero-order valence-corrected chi connectivity index (χ0v) is 30.2. The predicted molar refractivity (Wildman–Crippen MR) is 226 cm³/mol. The number of nitrogens with zero attached hydrogens (tertiary/aromatic N) is 6. The summed E-state index contributed by atoms with van der Waals surface area (Å²) in [5.74, 6) is 1.71. The highest BCUT2D eigenvalue weighted by Gasteiger charge is 2.17. The fraction of sp³-hybridized carbons (Fsp3) is 0. The molecule has 0 radical (unpaired) electrons. The molecular formula is C50H32N6. The van der Waals surface area contributed by atoms with E-state index in [0.717, 1.165) is 83.1 Å². The van der Waals surface area contributed by atoms with Crippen molar-refractivity contribution in [1.29, 1.82) is 0 Å². The molecule has 0 spiro atoms. The van der Waals surface area contributed by atoms with Gasteiger partial charge in [0.2, 0.25) is 0 Å². The molecule has 6 heteroatoms.